The number of aromatic nitrogens is 2. The van der Waals surface area contributed by atoms with Crippen molar-refractivity contribution in [3.05, 3.63) is 17.7 Å². The van der Waals surface area contributed by atoms with Gasteiger partial charge in [-0.15, -0.1) is 0 Å². The lowest BCUT2D eigenvalue weighted by Crippen LogP contribution is -1.87. The first-order chi connectivity index (χ1) is 4.97. The van der Waals surface area contributed by atoms with Gasteiger partial charge in [0.05, 0.1) is 12.0 Å². The van der Waals surface area contributed by atoms with E-state index in [1.54, 1.807) is 0 Å². The predicted molar refractivity (Wildman–Crippen MR) is 39.8 cm³/mol. The first-order valence-electron chi connectivity index (χ1n) is 3.98. The molecule has 0 saturated carbocycles. The minimum Gasteiger partial charge on any atom is -0.348 e. The lowest BCUT2D eigenvalue weighted by Gasteiger charge is -1.91. The number of aryl methyl sites for hydroxylation is 2. The number of hydrogen-bond acceptors (Lipinski definition) is 1. The minimum absolute atomic E-state index is 1.18. The Morgan fingerprint density at radius 3 is 3.10 bits per heavy atom. The van der Waals surface area contributed by atoms with Gasteiger partial charge in [-0.3, -0.25) is 0 Å². The molecule has 0 fully saturated rings. The molecule has 10 heavy (non-hydrogen) atoms. The Bertz CT molecular complexity index is 194. The van der Waals surface area contributed by atoms with Gasteiger partial charge >= 0.3 is 0 Å². The highest BCUT2D eigenvalue weighted by molar-refractivity contribution is 5.12. The van der Waals surface area contributed by atoms with Gasteiger partial charge in [-0.05, 0) is 25.7 Å². The first-order valence-corrected chi connectivity index (χ1v) is 3.98. The molecule has 0 bridgehead atoms. The summed E-state index contributed by atoms with van der Waals surface area (Å²) in [4.78, 5) is 7.45. The number of nitrogens with zero attached hydrogens (tertiary/aromatic N) is 1. The summed E-state index contributed by atoms with van der Waals surface area (Å²) in [5.41, 5.74) is 2.68. The van der Waals surface area contributed by atoms with E-state index in [0.29, 0.717) is 0 Å². The molecule has 0 unspecified atom stereocenters. The second kappa shape index (κ2) is 2.45. The fourth-order valence-corrected chi connectivity index (χ4v) is 1.55. The lowest BCUT2D eigenvalue weighted by atomic mass is 10.2. The fraction of sp³-hybridized carbons (Fsp3) is 0.625. The van der Waals surface area contributed by atoms with Gasteiger partial charge < -0.3 is 4.98 Å². The Morgan fingerprint density at radius 1 is 1.20 bits per heavy atom. The van der Waals surface area contributed by atoms with Gasteiger partial charge in [-0.1, -0.05) is 6.42 Å². The van der Waals surface area contributed by atoms with E-state index in [-0.39, 0.29) is 0 Å². The molecule has 1 aliphatic carbocycles. The number of rotatable bonds is 0. The summed E-state index contributed by atoms with van der Waals surface area (Å²) < 4.78 is 0. The van der Waals surface area contributed by atoms with Crippen molar-refractivity contribution in [1.82, 2.24) is 9.97 Å². The SMILES string of the molecule is c1nc2c([nH]1)CCCCC2. The van der Waals surface area contributed by atoms with Crippen molar-refractivity contribution in [3.8, 4) is 0 Å². The molecule has 2 nitrogen and oxygen atoms in total. The third-order valence-electron chi connectivity index (χ3n) is 2.15. The Labute approximate surface area is 60.7 Å². The molecule has 2 heteroatoms. The van der Waals surface area contributed by atoms with Crippen molar-refractivity contribution in [3.63, 3.8) is 0 Å². The van der Waals surface area contributed by atoms with Crippen molar-refractivity contribution in [1.29, 1.82) is 0 Å². The molecule has 1 aromatic rings. The van der Waals surface area contributed by atoms with Crippen molar-refractivity contribution in [2.45, 2.75) is 32.1 Å². The second-order valence-corrected chi connectivity index (χ2v) is 2.89. The van der Waals surface area contributed by atoms with Gasteiger partial charge in [-0.25, -0.2) is 4.98 Å². The van der Waals surface area contributed by atoms with Crippen LogP contribution in [0.5, 0.6) is 0 Å². The van der Waals surface area contributed by atoms with E-state index in [0.717, 1.165) is 0 Å². The summed E-state index contributed by atoms with van der Waals surface area (Å²) in [6, 6.07) is 0. The zero-order valence-electron chi connectivity index (χ0n) is 6.06. The number of imidazole rings is 1. The lowest BCUT2D eigenvalue weighted by molar-refractivity contribution is 0.703. The molecule has 0 amide bonds. The Balaban J connectivity index is 2.28. The summed E-state index contributed by atoms with van der Waals surface area (Å²) in [5.74, 6) is 0. The average Bonchev–Trinajstić information content (AvgIpc) is 2.28. The van der Waals surface area contributed by atoms with Crippen molar-refractivity contribution >= 4 is 0 Å². The molecule has 0 radical (unpaired) electrons. The van der Waals surface area contributed by atoms with Crippen molar-refractivity contribution in [2.75, 3.05) is 0 Å². The van der Waals surface area contributed by atoms with Gasteiger partial charge in [0.2, 0.25) is 0 Å². The van der Waals surface area contributed by atoms with E-state index in [1.165, 1.54) is 43.5 Å². The summed E-state index contributed by atoms with van der Waals surface area (Å²) in [5, 5.41) is 0. The molecule has 54 valence electrons. The smallest absolute Gasteiger partial charge is 0.0925 e. The molecule has 1 aromatic heterocycles. The highest BCUT2D eigenvalue weighted by atomic mass is 14.9. The summed E-state index contributed by atoms with van der Waals surface area (Å²) in [6.45, 7) is 0. The van der Waals surface area contributed by atoms with E-state index in [9.17, 15) is 0 Å². The topological polar surface area (TPSA) is 28.7 Å². The van der Waals surface area contributed by atoms with Gasteiger partial charge in [-0.2, -0.15) is 0 Å². The van der Waals surface area contributed by atoms with Crippen LogP contribution in [0, 0.1) is 0 Å². The van der Waals surface area contributed by atoms with Crippen LogP contribution in [-0.4, -0.2) is 9.97 Å². The van der Waals surface area contributed by atoms with Gasteiger partial charge in [0, 0.05) is 5.69 Å². The van der Waals surface area contributed by atoms with Crippen molar-refractivity contribution in [2.24, 2.45) is 0 Å². The van der Waals surface area contributed by atoms with Crippen LogP contribution in [0.15, 0.2) is 6.33 Å². The minimum atomic E-state index is 1.18. The molecule has 1 N–H and O–H groups in total. The summed E-state index contributed by atoms with van der Waals surface area (Å²) in [6.07, 6.45) is 8.21. The van der Waals surface area contributed by atoms with Crippen LogP contribution in [0.1, 0.15) is 30.7 Å². The molecule has 1 heterocycles. The molecular weight excluding hydrogens is 124 g/mol. The van der Waals surface area contributed by atoms with Crippen LogP contribution in [0.4, 0.5) is 0 Å². The first kappa shape index (κ1) is 5.96. The fourth-order valence-electron chi connectivity index (χ4n) is 1.55. The second-order valence-electron chi connectivity index (χ2n) is 2.89. The number of hydrogen-bond donors (Lipinski definition) is 1. The van der Waals surface area contributed by atoms with E-state index in [4.69, 9.17) is 0 Å². The molecule has 0 aromatic carbocycles. The normalized spacial score (nSPS) is 18.0. The maximum atomic E-state index is 4.26. The maximum Gasteiger partial charge on any atom is 0.0925 e. The van der Waals surface area contributed by atoms with Crippen LogP contribution in [0.3, 0.4) is 0 Å². The Morgan fingerprint density at radius 2 is 2.10 bits per heavy atom. The molecule has 2 rings (SSSR count). The predicted octanol–water partition coefficient (Wildman–Crippen LogP) is 1.68. The monoisotopic (exact) mass is 136 g/mol. The zero-order chi connectivity index (χ0) is 6.81. The average molecular weight is 136 g/mol. The van der Waals surface area contributed by atoms with E-state index in [1.807, 2.05) is 6.33 Å². The third-order valence-corrected chi connectivity index (χ3v) is 2.15. The van der Waals surface area contributed by atoms with Gasteiger partial charge in [0.1, 0.15) is 0 Å². The highest BCUT2D eigenvalue weighted by Crippen LogP contribution is 2.16. The molecule has 0 saturated heterocycles. The number of aromatic amines is 1. The van der Waals surface area contributed by atoms with Gasteiger partial charge in [0.15, 0.2) is 0 Å². The van der Waals surface area contributed by atoms with Crippen LogP contribution in [0.2, 0.25) is 0 Å². The largest absolute Gasteiger partial charge is 0.348 e. The van der Waals surface area contributed by atoms with Crippen molar-refractivity contribution < 1.29 is 0 Å². The maximum absolute atomic E-state index is 4.26. The Kier molecular flexibility index (Phi) is 1.46. The summed E-state index contributed by atoms with van der Waals surface area (Å²) in [7, 11) is 0. The standard InChI is InChI=1S/C8H12N2/c1-2-4-7-8(5-3-1)10-6-9-7/h6H,1-5H2,(H,9,10). The summed E-state index contributed by atoms with van der Waals surface area (Å²) >= 11 is 0. The van der Waals surface area contributed by atoms with Crippen LogP contribution in [0.25, 0.3) is 0 Å². The Hall–Kier alpha value is -0.790. The molecule has 0 atom stereocenters. The molecule has 0 aliphatic heterocycles. The quantitative estimate of drug-likeness (QED) is 0.540. The van der Waals surface area contributed by atoms with Crippen LogP contribution >= 0.6 is 0 Å². The van der Waals surface area contributed by atoms with Crippen LogP contribution in [-0.2, 0) is 12.8 Å². The number of fused-ring (bicyclic) bond motifs is 1. The molecular formula is C8H12N2. The van der Waals surface area contributed by atoms with E-state index in [2.05, 4.69) is 9.97 Å². The zero-order valence-corrected chi connectivity index (χ0v) is 6.06. The highest BCUT2D eigenvalue weighted by Gasteiger charge is 2.08. The van der Waals surface area contributed by atoms with E-state index >= 15 is 0 Å². The van der Waals surface area contributed by atoms with Gasteiger partial charge in [0.25, 0.3) is 0 Å². The number of nitrogens with one attached hydrogen (secondary N) is 1. The molecule has 0 spiro atoms. The van der Waals surface area contributed by atoms with E-state index < -0.39 is 0 Å². The third kappa shape index (κ3) is 0.939. The number of H-pyrrole nitrogens is 1. The molecule has 1 aliphatic rings. The van der Waals surface area contributed by atoms with Crippen LogP contribution < -0.4 is 0 Å².